The molecule has 114 valence electrons. The molecule has 0 aliphatic carbocycles. The molecule has 0 N–H and O–H groups in total. The molecular weight excluding hydrogens is 308 g/mol. The van der Waals surface area contributed by atoms with Gasteiger partial charge in [0.1, 0.15) is 5.75 Å². The fraction of sp³-hybridized carbons (Fsp3) is 0.111. The second-order valence-electron chi connectivity index (χ2n) is 5.10. The number of aromatic nitrogens is 1. The zero-order valence-corrected chi connectivity index (χ0v) is 13.3. The van der Waals surface area contributed by atoms with Crippen molar-refractivity contribution in [1.82, 2.24) is 4.98 Å². The lowest BCUT2D eigenvalue weighted by molar-refractivity contribution is 0.414. The molecule has 0 atom stereocenters. The van der Waals surface area contributed by atoms with Crippen molar-refractivity contribution in [2.45, 2.75) is 4.90 Å². The maximum atomic E-state index is 5.51. The molecule has 0 fully saturated rings. The Morgan fingerprint density at radius 2 is 2.04 bits per heavy atom. The Morgan fingerprint density at radius 1 is 1.17 bits per heavy atom. The standard InChI is InChI=1S/C18H14N2O2S/c1-21-16-8-14-18(7-13(16)17-9-19-11-22-17)23-10-15(20-14)12-5-3-2-4-6-12/h2-9,11H,10H2,1H3. The van der Waals surface area contributed by atoms with Crippen LogP contribution in [0.4, 0.5) is 5.69 Å². The van der Waals surface area contributed by atoms with Gasteiger partial charge in [-0.15, -0.1) is 11.8 Å². The van der Waals surface area contributed by atoms with Crippen molar-refractivity contribution in [3.05, 3.63) is 60.6 Å². The lowest BCUT2D eigenvalue weighted by atomic mass is 10.1. The first-order valence-electron chi connectivity index (χ1n) is 7.22. The van der Waals surface area contributed by atoms with Gasteiger partial charge in [-0.05, 0) is 11.6 Å². The van der Waals surface area contributed by atoms with Gasteiger partial charge in [0.15, 0.2) is 12.2 Å². The van der Waals surface area contributed by atoms with Crippen molar-refractivity contribution in [3.63, 3.8) is 0 Å². The number of rotatable bonds is 3. The first-order valence-corrected chi connectivity index (χ1v) is 8.20. The molecule has 0 radical (unpaired) electrons. The van der Waals surface area contributed by atoms with Crippen LogP contribution in [-0.2, 0) is 0 Å². The molecule has 2 heterocycles. The normalized spacial score (nSPS) is 13.3. The molecule has 2 aromatic carbocycles. The number of methoxy groups -OCH3 is 1. The van der Waals surface area contributed by atoms with Crippen LogP contribution >= 0.6 is 11.8 Å². The van der Waals surface area contributed by atoms with Crippen molar-refractivity contribution in [3.8, 4) is 17.1 Å². The number of hydrogen-bond acceptors (Lipinski definition) is 5. The van der Waals surface area contributed by atoms with E-state index in [1.165, 1.54) is 6.39 Å². The summed E-state index contributed by atoms with van der Waals surface area (Å²) in [4.78, 5) is 9.92. The third-order valence-corrected chi connectivity index (χ3v) is 4.76. The third-order valence-electron chi connectivity index (χ3n) is 3.71. The fourth-order valence-electron chi connectivity index (χ4n) is 2.56. The lowest BCUT2D eigenvalue weighted by Gasteiger charge is -2.17. The Labute approximate surface area is 138 Å². The van der Waals surface area contributed by atoms with Gasteiger partial charge in [-0.2, -0.15) is 0 Å². The van der Waals surface area contributed by atoms with E-state index in [4.69, 9.17) is 14.1 Å². The summed E-state index contributed by atoms with van der Waals surface area (Å²) in [6.45, 7) is 0. The smallest absolute Gasteiger partial charge is 0.181 e. The van der Waals surface area contributed by atoms with E-state index in [-0.39, 0.29) is 0 Å². The molecule has 3 aromatic rings. The van der Waals surface area contributed by atoms with Gasteiger partial charge in [0.2, 0.25) is 0 Å². The molecule has 5 heteroatoms. The van der Waals surface area contributed by atoms with Crippen molar-refractivity contribution < 1.29 is 9.15 Å². The maximum absolute atomic E-state index is 5.51. The molecule has 0 saturated carbocycles. The van der Waals surface area contributed by atoms with Gasteiger partial charge >= 0.3 is 0 Å². The highest BCUT2D eigenvalue weighted by Gasteiger charge is 2.19. The maximum Gasteiger partial charge on any atom is 0.181 e. The van der Waals surface area contributed by atoms with E-state index < -0.39 is 0 Å². The summed E-state index contributed by atoms with van der Waals surface area (Å²) in [5.74, 6) is 2.28. The summed E-state index contributed by atoms with van der Waals surface area (Å²) in [7, 11) is 1.65. The number of benzene rings is 2. The zero-order valence-electron chi connectivity index (χ0n) is 12.5. The van der Waals surface area contributed by atoms with E-state index in [9.17, 15) is 0 Å². The summed E-state index contributed by atoms with van der Waals surface area (Å²) in [5.41, 5.74) is 4.07. The molecule has 1 aromatic heterocycles. The van der Waals surface area contributed by atoms with E-state index in [1.807, 2.05) is 24.3 Å². The molecule has 0 saturated heterocycles. The van der Waals surface area contributed by atoms with Crippen LogP contribution in [0.2, 0.25) is 0 Å². The Kier molecular flexibility index (Phi) is 3.63. The number of hydrogen-bond donors (Lipinski definition) is 0. The van der Waals surface area contributed by atoms with Crippen LogP contribution in [0.1, 0.15) is 5.56 Å². The second kappa shape index (κ2) is 5.93. The molecule has 0 unspecified atom stereocenters. The highest BCUT2D eigenvalue weighted by molar-refractivity contribution is 8.00. The van der Waals surface area contributed by atoms with E-state index >= 15 is 0 Å². The van der Waals surface area contributed by atoms with Gasteiger partial charge in [0.05, 0.1) is 30.3 Å². The van der Waals surface area contributed by atoms with Gasteiger partial charge in [-0.1, -0.05) is 30.3 Å². The molecule has 0 bridgehead atoms. The first-order chi connectivity index (χ1) is 11.3. The van der Waals surface area contributed by atoms with Crippen LogP contribution in [-0.4, -0.2) is 23.6 Å². The van der Waals surface area contributed by atoms with E-state index in [0.717, 1.165) is 38.9 Å². The number of nitrogens with zero attached hydrogens (tertiary/aromatic N) is 2. The van der Waals surface area contributed by atoms with Crippen molar-refractivity contribution in [1.29, 1.82) is 0 Å². The summed E-state index contributed by atoms with van der Waals surface area (Å²) in [6, 6.07) is 14.3. The summed E-state index contributed by atoms with van der Waals surface area (Å²) in [6.07, 6.45) is 3.11. The second-order valence-corrected chi connectivity index (χ2v) is 6.12. The number of thioether (sulfide) groups is 1. The minimum absolute atomic E-state index is 0.697. The van der Waals surface area contributed by atoms with Gasteiger partial charge in [0, 0.05) is 16.7 Å². The predicted molar refractivity (Wildman–Crippen MR) is 91.9 cm³/mol. The molecule has 4 nitrogen and oxygen atoms in total. The van der Waals surface area contributed by atoms with Crippen molar-refractivity contribution in [2.75, 3.05) is 12.9 Å². The van der Waals surface area contributed by atoms with Crippen LogP contribution in [0.25, 0.3) is 11.3 Å². The fourth-order valence-corrected chi connectivity index (χ4v) is 3.54. The SMILES string of the molecule is COc1cc2c(cc1-c1cnco1)SCC(c1ccccc1)=N2. The van der Waals surface area contributed by atoms with Gasteiger partial charge in [-0.3, -0.25) is 4.99 Å². The Balaban J connectivity index is 1.80. The molecule has 1 aliphatic rings. The van der Waals surface area contributed by atoms with Crippen molar-refractivity contribution in [2.24, 2.45) is 4.99 Å². The zero-order chi connectivity index (χ0) is 15.6. The quantitative estimate of drug-likeness (QED) is 0.708. The topological polar surface area (TPSA) is 47.6 Å². The van der Waals surface area contributed by atoms with E-state index in [1.54, 1.807) is 25.1 Å². The van der Waals surface area contributed by atoms with Crippen LogP contribution in [0, 0.1) is 0 Å². The average Bonchev–Trinajstić information content (AvgIpc) is 3.15. The molecule has 0 spiro atoms. The number of fused-ring (bicyclic) bond motifs is 1. The van der Waals surface area contributed by atoms with Gasteiger partial charge in [-0.25, -0.2) is 4.98 Å². The largest absolute Gasteiger partial charge is 0.496 e. The first kappa shape index (κ1) is 14.1. The van der Waals surface area contributed by atoms with Gasteiger partial charge < -0.3 is 9.15 Å². The number of aliphatic imine (C=N–C) groups is 1. The molecule has 4 rings (SSSR count). The molecule has 23 heavy (non-hydrogen) atoms. The third kappa shape index (κ3) is 2.64. The lowest BCUT2D eigenvalue weighted by Crippen LogP contribution is -2.07. The Hall–Kier alpha value is -2.53. The summed E-state index contributed by atoms with van der Waals surface area (Å²) < 4.78 is 10.9. The highest BCUT2D eigenvalue weighted by atomic mass is 32.2. The predicted octanol–water partition coefficient (Wildman–Crippen LogP) is 4.58. The number of oxazole rings is 1. The Bertz CT molecular complexity index is 858. The van der Waals surface area contributed by atoms with Crippen LogP contribution in [0.3, 0.4) is 0 Å². The van der Waals surface area contributed by atoms with E-state index in [0.29, 0.717) is 5.76 Å². The highest BCUT2D eigenvalue weighted by Crippen LogP contribution is 2.43. The van der Waals surface area contributed by atoms with Crippen molar-refractivity contribution >= 4 is 23.2 Å². The van der Waals surface area contributed by atoms with Crippen LogP contribution in [0.5, 0.6) is 5.75 Å². The summed E-state index contributed by atoms with van der Waals surface area (Å²) >= 11 is 1.77. The minimum atomic E-state index is 0.697. The monoisotopic (exact) mass is 322 g/mol. The van der Waals surface area contributed by atoms with Crippen LogP contribution < -0.4 is 4.74 Å². The number of ether oxygens (including phenoxy) is 1. The average molecular weight is 322 g/mol. The molecular formula is C18H14N2O2S. The summed E-state index contributed by atoms with van der Waals surface area (Å²) in [5, 5.41) is 0. The molecule has 1 aliphatic heterocycles. The molecule has 0 amide bonds. The van der Waals surface area contributed by atoms with Gasteiger partial charge in [0.25, 0.3) is 0 Å². The Morgan fingerprint density at radius 3 is 2.78 bits per heavy atom. The minimum Gasteiger partial charge on any atom is -0.496 e. The van der Waals surface area contributed by atoms with Crippen LogP contribution in [0.15, 0.2) is 69.4 Å². The van der Waals surface area contributed by atoms with E-state index in [2.05, 4.69) is 23.2 Å².